The van der Waals surface area contributed by atoms with Crippen molar-refractivity contribution in [1.29, 1.82) is 0 Å². The van der Waals surface area contributed by atoms with E-state index in [-0.39, 0.29) is 12.3 Å². The highest BCUT2D eigenvalue weighted by atomic mass is 32.2. The summed E-state index contributed by atoms with van der Waals surface area (Å²) in [5.74, 6) is -0.994. The molecule has 0 aliphatic carbocycles. The quantitative estimate of drug-likeness (QED) is 0.0338. The van der Waals surface area contributed by atoms with Crippen molar-refractivity contribution in [2.45, 2.75) is 219 Å². The maximum atomic E-state index is 12.5. The van der Waals surface area contributed by atoms with Crippen LogP contribution in [0.15, 0.2) is 36.5 Å². The summed E-state index contributed by atoms with van der Waals surface area (Å²) in [4.78, 5) is 12.5. The van der Waals surface area contributed by atoms with Gasteiger partial charge < -0.3 is 10.4 Å². The van der Waals surface area contributed by atoms with Crippen molar-refractivity contribution in [2.24, 2.45) is 0 Å². The van der Waals surface area contributed by atoms with Crippen LogP contribution in [0.3, 0.4) is 0 Å². The summed E-state index contributed by atoms with van der Waals surface area (Å²) < 4.78 is 32.5. The van der Waals surface area contributed by atoms with Gasteiger partial charge in [0.2, 0.25) is 5.91 Å². The standard InChI is InChI=1S/C42H79NO5S/c1-3-5-7-9-11-13-15-17-19-21-22-23-25-27-29-31-33-35-37-41(44)40(39-49(46,47)48)43-42(45)38-36-34-32-30-28-26-24-20-18-16-14-12-10-8-6-4-2/h14,16,20,24,35,37,40-41,44H,3-13,15,17-19,21-23,25-34,36,38-39H2,1-2H3,(H,43,45)(H,46,47,48)/b16-14-,24-20-,37-35+. The van der Waals surface area contributed by atoms with Crippen LogP contribution in [0.25, 0.3) is 0 Å². The smallest absolute Gasteiger partial charge is 0.267 e. The average molecular weight is 710 g/mol. The Kier molecular flexibility index (Phi) is 35.3. The van der Waals surface area contributed by atoms with Crippen molar-refractivity contribution < 1.29 is 22.9 Å². The first kappa shape index (κ1) is 47.6. The van der Waals surface area contributed by atoms with Gasteiger partial charge in [-0.25, -0.2) is 0 Å². The van der Waals surface area contributed by atoms with E-state index >= 15 is 0 Å². The summed E-state index contributed by atoms with van der Waals surface area (Å²) in [6, 6.07) is -1.06. The molecule has 1 amide bonds. The number of amides is 1. The molecule has 0 heterocycles. The van der Waals surface area contributed by atoms with Gasteiger partial charge in [0.25, 0.3) is 10.1 Å². The minimum Gasteiger partial charge on any atom is -0.387 e. The van der Waals surface area contributed by atoms with Gasteiger partial charge in [0.1, 0.15) is 0 Å². The van der Waals surface area contributed by atoms with Crippen LogP contribution in [-0.2, 0) is 14.9 Å². The lowest BCUT2D eigenvalue weighted by Crippen LogP contribution is -2.46. The Morgan fingerprint density at radius 1 is 0.551 bits per heavy atom. The molecule has 0 bridgehead atoms. The maximum Gasteiger partial charge on any atom is 0.267 e. The fraction of sp³-hybridized carbons (Fsp3) is 0.833. The van der Waals surface area contributed by atoms with E-state index in [0.717, 1.165) is 57.8 Å². The van der Waals surface area contributed by atoms with Gasteiger partial charge in [-0.05, 0) is 51.4 Å². The van der Waals surface area contributed by atoms with E-state index in [9.17, 15) is 22.9 Å². The lowest BCUT2D eigenvalue weighted by Gasteiger charge is -2.21. The minimum atomic E-state index is -4.35. The molecule has 0 aliphatic rings. The zero-order chi connectivity index (χ0) is 36.1. The molecule has 0 spiro atoms. The predicted octanol–water partition coefficient (Wildman–Crippen LogP) is 12.1. The van der Waals surface area contributed by atoms with Crippen molar-refractivity contribution >= 4 is 16.0 Å². The molecule has 2 unspecified atom stereocenters. The van der Waals surface area contributed by atoms with Gasteiger partial charge in [0.15, 0.2) is 0 Å². The molecule has 0 fully saturated rings. The van der Waals surface area contributed by atoms with Crippen LogP contribution in [0.1, 0.15) is 206 Å². The second kappa shape index (κ2) is 36.4. The Morgan fingerprint density at radius 2 is 0.918 bits per heavy atom. The first-order chi connectivity index (χ1) is 23.8. The lowest BCUT2D eigenvalue weighted by atomic mass is 10.0. The van der Waals surface area contributed by atoms with E-state index in [0.29, 0.717) is 6.42 Å². The predicted molar refractivity (Wildman–Crippen MR) is 212 cm³/mol. The molecular formula is C42H79NO5S. The highest BCUT2D eigenvalue weighted by Gasteiger charge is 2.24. The molecule has 49 heavy (non-hydrogen) atoms. The van der Waals surface area contributed by atoms with Crippen LogP contribution in [0.4, 0.5) is 0 Å². The number of aliphatic hydroxyl groups is 1. The normalized spacial score (nSPS) is 13.6. The first-order valence-corrected chi connectivity index (χ1v) is 22.3. The van der Waals surface area contributed by atoms with Crippen LogP contribution >= 0.6 is 0 Å². The number of carbonyl (C=O) groups excluding carboxylic acids is 1. The second-order valence-electron chi connectivity index (χ2n) is 14.3. The first-order valence-electron chi connectivity index (χ1n) is 20.7. The number of unbranched alkanes of at least 4 members (excludes halogenated alkanes) is 25. The van der Waals surface area contributed by atoms with Crippen molar-refractivity contribution in [3.8, 4) is 0 Å². The molecule has 0 radical (unpaired) electrons. The zero-order valence-electron chi connectivity index (χ0n) is 32.1. The van der Waals surface area contributed by atoms with Gasteiger partial charge in [-0.1, -0.05) is 185 Å². The van der Waals surface area contributed by atoms with Crippen molar-refractivity contribution in [3.05, 3.63) is 36.5 Å². The fourth-order valence-corrected chi connectivity index (χ4v) is 6.92. The number of aliphatic hydroxyl groups excluding tert-OH is 1. The van der Waals surface area contributed by atoms with Crippen molar-refractivity contribution in [3.63, 3.8) is 0 Å². The number of hydrogen-bond donors (Lipinski definition) is 3. The molecule has 0 aromatic rings. The van der Waals surface area contributed by atoms with Crippen molar-refractivity contribution in [1.82, 2.24) is 5.32 Å². The maximum absolute atomic E-state index is 12.5. The highest BCUT2D eigenvalue weighted by Crippen LogP contribution is 2.15. The molecule has 2 atom stereocenters. The Hall–Kier alpha value is -1.44. The lowest BCUT2D eigenvalue weighted by molar-refractivity contribution is -0.122. The number of hydrogen-bond acceptors (Lipinski definition) is 4. The number of carbonyl (C=O) groups is 1. The summed E-state index contributed by atoms with van der Waals surface area (Å²) in [5.41, 5.74) is 0. The van der Waals surface area contributed by atoms with Crippen LogP contribution in [-0.4, -0.2) is 41.9 Å². The molecule has 3 N–H and O–H groups in total. The summed E-state index contributed by atoms with van der Waals surface area (Å²) in [5, 5.41) is 13.2. The van der Waals surface area contributed by atoms with Gasteiger partial charge in [0.05, 0.1) is 17.9 Å². The van der Waals surface area contributed by atoms with Crippen LogP contribution in [0.5, 0.6) is 0 Å². The highest BCUT2D eigenvalue weighted by molar-refractivity contribution is 7.85. The monoisotopic (exact) mass is 710 g/mol. The largest absolute Gasteiger partial charge is 0.387 e. The Balaban J connectivity index is 3.94. The van der Waals surface area contributed by atoms with Crippen LogP contribution < -0.4 is 5.32 Å². The number of nitrogens with one attached hydrogen (secondary N) is 1. The topological polar surface area (TPSA) is 104 Å². The third kappa shape index (κ3) is 37.6. The summed E-state index contributed by atoms with van der Waals surface area (Å²) in [6.07, 6.45) is 47.0. The number of allylic oxidation sites excluding steroid dienone is 5. The molecule has 0 aromatic heterocycles. The molecule has 288 valence electrons. The molecule has 0 rings (SSSR count). The second-order valence-corrected chi connectivity index (χ2v) is 15.8. The van der Waals surface area contributed by atoms with E-state index in [1.807, 2.05) is 6.08 Å². The summed E-state index contributed by atoms with van der Waals surface area (Å²) in [7, 11) is -4.35. The van der Waals surface area contributed by atoms with E-state index < -0.39 is 28.0 Å². The summed E-state index contributed by atoms with van der Waals surface area (Å²) >= 11 is 0. The average Bonchev–Trinajstić information content (AvgIpc) is 3.06. The summed E-state index contributed by atoms with van der Waals surface area (Å²) in [6.45, 7) is 4.51. The molecule has 6 nitrogen and oxygen atoms in total. The van der Waals surface area contributed by atoms with Gasteiger partial charge >= 0.3 is 0 Å². The third-order valence-electron chi connectivity index (χ3n) is 9.31. The van der Waals surface area contributed by atoms with Crippen LogP contribution in [0.2, 0.25) is 0 Å². The van der Waals surface area contributed by atoms with Gasteiger partial charge in [-0.15, -0.1) is 0 Å². The number of rotatable bonds is 37. The van der Waals surface area contributed by atoms with Gasteiger partial charge in [-0.3, -0.25) is 9.35 Å². The molecule has 7 heteroatoms. The fourth-order valence-electron chi connectivity index (χ4n) is 6.19. The molecule has 0 aromatic carbocycles. The molecule has 0 aliphatic heterocycles. The molecular weight excluding hydrogens is 631 g/mol. The van der Waals surface area contributed by atoms with Gasteiger partial charge in [0, 0.05) is 6.42 Å². The third-order valence-corrected chi connectivity index (χ3v) is 10.1. The molecule has 0 saturated heterocycles. The minimum absolute atomic E-state index is 0.280. The van der Waals surface area contributed by atoms with E-state index in [4.69, 9.17) is 0 Å². The zero-order valence-corrected chi connectivity index (χ0v) is 32.9. The molecule has 0 saturated carbocycles. The van der Waals surface area contributed by atoms with E-state index in [2.05, 4.69) is 43.5 Å². The SMILES string of the molecule is CCCCCC/C=C\C/C=C\CCCCCCCC(=O)NC(CS(=O)(=O)O)C(O)/C=C/CCCCCCCCCCCCCCCCCC. The Morgan fingerprint density at radius 3 is 1.35 bits per heavy atom. The van der Waals surface area contributed by atoms with E-state index in [1.165, 1.54) is 122 Å². The van der Waals surface area contributed by atoms with Crippen molar-refractivity contribution in [2.75, 3.05) is 5.75 Å². The Bertz CT molecular complexity index is 914. The van der Waals surface area contributed by atoms with E-state index in [1.54, 1.807) is 6.08 Å². The van der Waals surface area contributed by atoms with Gasteiger partial charge in [-0.2, -0.15) is 8.42 Å². The van der Waals surface area contributed by atoms with Crippen LogP contribution in [0, 0.1) is 0 Å². The Labute approximate surface area is 304 Å².